The van der Waals surface area contributed by atoms with Gasteiger partial charge in [0.25, 0.3) is 0 Å². The minimum Gasteiger partial charge on any atom is -0.439 e. The fraction of sp³-hybridized carbons (Fsp3) is 0.267. The Morgan fingerprint density at radius 2 is 1.84 bits per heavy atom. The van der Waals surface area contributed by atoms with Gasteiger partial charge in [0.15, 0.2) is 0 Å². The number of aliphatic hydroxyl groups is 1. The molecule has 3 aromatic heterocycles. The summed E-state index contributed by atoms with van der Waals surface area (Å²) in [4.78, 5) is 26.2. The van der Waals surface area contributed by atoms with E-state index in [4.69, 9.17) is 21.3 Å². The highest BCUT2D eigenvalue weighted by Gasteiger charge is 2.33. The molecule has 1 N–H and O–H groups in total. The maximum Gasteiger partial charge on any atom is 0.433 e. The summed E-state index contributed by atoms with van der Waals surface area (Å²) in [5.41, 5.74) is 1.30. The molecule has 0 radical (unpaired) electrons. The summed E-state index contributed by atoms with van der Waals surface area (Å²) >= 11 is 6.55. The van der Waals surface area contributed by atoms with Crippen molar-refractivity contribution in [3.05, 3.63) is 77.1 Å². The standard InChI is InChI=1S/C30H24ClF4N5O3/c1-16-37-25-14-36-24-13-23(32)20(12-21(24)29(25)40(16)17-7-9-39(10-8-17)28(42)15-41)19-6-5-18(11-22(19)31)43-27-4-2-3-26(38-27)30(33,34)35/h2-6,11-14,17,41H,7-10,15H2,1H3. The fourth-order valence-corrected chi connectivity index (χ4v) is 5.84. The molecule has 0 atom stereocenters. The first kappa shape index (κ1) is 28.8. The van der Waals surface area contributed by atoms with Crippen LogP contribution in [0.3, 0.4) is 0 Å². The number of pyridine rings is 2. The molecule has 1 fully saturated rings. The lowest BCUT2D eigenvalue weighted by molar-refractivity contribution is -0.141. The minimum absolute atomic E-state index is 0.0244. The predicted octanol–water partition coefficient (Wildman–Crippen LogP) is 6.71. The summed E-state index contributed by atoms with van der Waals surface area (Å²) in [7, 11) is 0. The van der Waals surface area contributed by atoms with Crippen molar-refractivity contribution >= 4 is 39.4 Å². The number of benzene rings is 2. The lowest BCUT2D eigenvalue weighted by atomic mass is 10.0. The van der Waals surface area contributed by atoms with Gasteiger partial charge in [-0.1, -0.05) is 17.7 Å². The minimum atomic E-state index is -4.63. The number of hydrogen-bond donors (Lipinski definition) is 1. The normalized spacial score (nSPS) is 14.5. The van der Waals surface area contributed by atoms with Crippen LogP contribution in [0.5, 0.6) is 11.6 Å². The van der Waals surface area contributed by atoms with Crippen molar-refractivity contribution < 1.29 is 32.2 Å². The van der Waals surface area contributed by atoms with E-state index in [-0.39, 0.29) is 34.2 Å². The first-order valence-corrected chi connectivity index (χ1v) is 13.8. The van der Waals surface area contributed by atoms with Crippen molar-refractivity contribution in [2.24, 2.45) is 0 Å². The quantitative estimate of drug-likeness (QED) is 0.221. The molecule has 5 aromatic rings. The molecule has 1 amide bonds. The van der Waals surface area contributed by atoms with Crippen LogP contribution in [-0.4, -0.2) is 55.1 Å². The number of ether oxygens (including phenoxy) is 1. The van der Waals surface area contributed by atoms with Gasteiger partial charge < -0.3 is 19.3 Å². The monoisotopic (exact) mass is 613 g/mol. The van der Waals surface area contributed by atoms with Gasteiger partial charge >= 0.3 is 6.18 Å². The zero-order valence-electron chi connectivity index (χ0n) is 22.7. The van der Waals surface area contributed by atoms with Gasteiger partial charge in [-0.05, 0) is 44.0 Å². The number of nitrogens with zero attached hydrogens (tertiary/aromatic N) is 5. The Balaban J connectivity index is 1.37. The van der Waals surface area contributed by atoms with E-state index in [0.29, 0.717) is 47.9 Å². The van der Waals surface area contributed by atoms with Crippen molar-refractivity contribution in [2.45, 2.75) is 32.0 Å². The SMILES string of the molecule is Cc1nc2cnc3cc(F)c(-c4ccc(Oc5cccc(C(F)(F)F)n5)cc4Cl)cc3c2n1C1CCN(C(=O)CO)CC1. The van der Waals surface area contributed by atoms with E-state index in [1.165, 1.54) is 36.4 Å². The Labute approximate surface area is 247 Å². The van der Waals surface area contributed by atoms with Crippen molar-refractivity contribution in [1.82, 2.24) is 24.4 Å². The van der Waals surface area contributed by atoms with E-state index in [1.807, 2.05) is 6.92 Å². The van der Waals surface area contributed by atoms with E-state index in [2.05, 4.69) is 14.5 Å². The number of halogens is 5. The number of aromatic nitrogens is 4. The van der Waals surface area contributed by atoms with Crippen LogP contribution in [0.2, 0.25) is 5.02 Å². The number of hydrogen-bond acceptors (Lipinski definition) is 6. The van der Waals surface area contributed by atoms with Crippen LogP contribution >= 0.6 is 11.6 Å². The molecule has 1 aliphatic heterocycles. The number of amides is 1. The van der Waals surface area contributed by atoms with Gasteiger partial charge in [-0.3, -0.25) is 9.78 Å². The third-order valence-corrected chi connectivity index (χ3v) is 7.88. The van der Waals surface area contributed by atoms with Gasteiger partial charge in [0, 0.05) is 53.8 Å². The molecule has 1 saturated heterocycles. The van der Waals surface area contributed by atoms with Gasteiger partial charge in [0.1, 0.15) is 35.2 Å². The third-order valence-electron chi connectivity index (χ3n) is 7.57. The number of alkyl halides is 3. The molecule has 43 heavy (non-hydrogen) atoms. The summed E-state index contributed by atoms with van der Waals surface area (Å²) in [6, 6.07) is 10.7. The third kappa shape index (κ3) is 5.48. The number of likely N-dealkylation sites (tertiary alicyclic amines) is 1. The van der Waals surface area contributed by atoms with Crippen LogP contribution in [0.1, 0.15) is 30.4 Å². The molecule has 13 heteroatoms. The van der Waals surface area contributed by atoms with E-state index in [1.54, 1.807) is 17.2 Å². The van der Waals surface area contributed by atoms with Gasteiger partial charge in [-0.25, -0.2) is 14.4 Å². The molecular formula is C30H24ClF4N5O3. The second kappa shape index (κ2) is 11.1. The topological polar surface area (TPSA) is 93.4 Å². The Kier molecular flexibility index (Phi) is 7.43. The van der Waals surface area contributed by atoms with Gasteiger partial charge in [-0.2, -0.15) is 13.2 Å². The van der Waals surface area contributed by atoms with Crippen LogP contribution in [0.4, 0.5) is 17.6 Å². The average molecular weight is 614 g/mol. The molecule has 4 heterocycles. The van der Waals surface area contributed by atoms with E-state index in [9.17, 15) is 23.1 Å². The van der Waals surface area contributed by atoms with Crippen LogP contribution in [0.15, 0.2) is 54.7 Å². The van der Waals surface area contributed by atoms with Crippen molar-refractivity contribution in [2.75, 3.05) is 19.7 Å². The number of aryl methyl sites for hydroxylation is 1. The van der Waals surface area contributed by atoms with E-state index < -0.39 is 24.3 Å². The lowest BCUT2D eigenvalue weighted by Gasteiger charge is -2.33. The summed E-state index contributed by atoms with van der Waals surface area (Å²) in [5, 5.41) is 10.00. The molecule has 222 valence electrons. The number of rotatable bonds is 5. The second-order valence-corrected chi connectivity index (χ2v) is 10.7. The summed E-state index contributed by atoms with van der Waals surface area (Å²) in [6.45, 7) is 2.34. The molecule has 0 saturated carbocycles. The molecule has 0 unspecified atom stereocenters. The van der Waals surface area contributed by atoms with Gasteiger partial charge in [-0.15, -0.1) is 0 Å². The largest absolute Gasteiger partial charge is 0.439 e. The van der Waals surface area contributed by atoms with Crippen LogP contribution in [0, 0.1) is 12.7 Å². The van der Waals surface area contributed by atoms with Crippen LogP contribution in [0.25, 0.3) is 33.1 Å². The smallest absolute Gasteiger partial charge is 0.433 e. The van der Waals surface area contributed by atoms with Gasteiger partial charge in [0.05, 0.1) is 22.3 Å². The second-order valence-electron chi connectivity index (χ2n) is 10.2. The maximum absolute atomic E-state index is 15.5. The highest BCUT2D eigenvalue weighted by molar-refractivity contribution is 6.33. The highest BCUT2D eigenvalue weighted by atomic mass is 35.5. The number of carbonyl (C=O) groups excluding carboxylic acids is 1. The molecule has 6 rings (SSSR count). The van der Waals surface area contributed by atoms with Gasteiger partial charge in [0.2, 0.25) is 11.8 Å². The summed E-state index contributed by atoms with van der Waals surface area (Å²) < 4.78 is 62.2. The van der Waals surface area contributed by atoms with Crippen LogP contribution in [-0.2, 0) is 11.0 Å². The molecule has 2 aromatic carbocycles. The first-order valence-electron chi connectivity index (χ1n) is 13.4. The summed E-state index contributed by atoms with van der Waals surface area (Å²) in [6.07, 6.45) is -1.71. The summed E-state index contributed by atoms with van der Waals surface area (Å²) in [5.74, 6) is -0.248. The fourth-order valence-electron chi connectivity index (χ4n) is 5.57. The molecule has 0 spiro atoms. The Bertz CT molecular complexity index is 1870. The zero-order chi connectivity index (χ0) is 30.5. The lowest BCUT2D eigenvalue weighted by Crippen LogP contribution is -2.40. The molecule has 8 nitrogen and oxygen atoms in total. The molecule has 1 aliphatic rings. The predicted molar refractivity (Wildman–Crippen MR) is 151 cm³/mol. The van der Waals surface area contributed by atoms with Crippen molar-refractivity contribution in [3.63, 3.8) is 0 Å². The zero-order valence-corrected chi connectivity index (χ0v) is 23.5. The number of aliphatic hydroxyl groups excluding tert-OH is 1. The maximum atomic E-state index is 15.5. The first-order chi connectivity index (χ1) is 20.5. The number of fused-ring (bicyclic) bond motifs is 3. The number of imidazole rings is 1. The molecular weight excluding hydrogens is 590 g/mol. The molecule has 0 bridgehead atoms. The van der Waals surface area contributed by atoms with E-state index >= 15 is 4.39 Å². The average Bonchev–Trinajstić information content (AvgIpc) is 3.32. The number of piperidine rings is 1. The van der Waals surface area contributed by atoms with Crippen molar-refractivity contribution in [1.29, 1.82) is 0 Å². The Morgan fingerprint density at radius 3 is 2.53 bits per heavy atom. The Morgan fingerprint density at radius 1 is 1.07 bits per heavy atom. The van der Waals surface area contributed by atoms with E-state index in [0.717, 1.165) is 17.4 Å². The number of carbonyl (C=O) groups is 1. The highest BCUT2D eigenvalue weighted by Crippen LogP contribution is 2.39. The van der Waals surface area contributed by atoms with Crippen LogP contribution < -0.4 is 4.74 Å². The molecule has 0 aliphatic carbocycles. The van der Waals surface area contributed by atoms with Crippen molar-refractivity contribution in [3.8, 4) is 22.8 Å². The Hall–Kier alpha value is -4.29.